The van der Waals surface area contributed by atoms with Crippen LogP contribution >= 0.6 is 0 Å². The van der Waals surface area contributed by atoms with Gasteiger partial charge < -0.3 is 9.64 Å². The van der Waals surface area contributed by atoms with Crippen molar-refractivity contribution >= 4 is 5.91 Å². The molecule has 0 aliphatic carbocycles. The summed E-state index contributed by atoms with van der Waals surface area (Å²) in [7, 11) is 0. The number of carbonyl (C=O) groups excluding carboxylic acids is 1. The molecular formula is C15H19F3N2O2. The average Bonchev–Trinajstić information content (AvgIpc) is 2.48. The van der Waals surface area contributed by atoms with Gasteiger partial charge in [0.25, 0.3) is 0 Å². The molecule has 1 aliphatic heterocycles. The number of ether oxygens (including phenoxy) is 1. The topological polar surface area (TPSA) is 32.8 Å². The molecule has 0 bridgehead atoms. The molecular weight excluding hydrogens is 297 g/mol. The SMILES string of the molecule is CCC(=O)N1CCN(Cc2ccc(OC(F)(F)F)cc2)CC1. The Hall–Kier alpha value is -1.76. The standard InChI is InChI=1S/C15H19F3N2O2/c1-2-14(21)20-9-7-19(8-10-20)11-12-3-5-13(6-4-12)22-15(16,17)18/h3-6H,2,7-11H2,1H3. The fourth-order valence-corrected chi connectivity index (χ4v) is 2.43. The Kier molecular flexibility index (Phi) is 5.28. The van der Waals surface area contributed by atoms with Crippen molar-refractivity contribution in [2.24, 2.45) is 0 Å². The summed E-state index contributed by atoms with van der Waals surface area (Å²) in [6, 6.07) is 5.90. The van der Waals surface area contributed by atoms with Gasteiger partial charge in [-0.25, -0.2) is 0 Å². The first-order valence-electron chi connectivity index (χ1n) is 7.22. The van der Waals surface area contributed by atoms with Gasteiger partial charge in [0.2, 0.25) is 5.91 Å². The Labute approximate surface area is 127 Å². The van der Waals surface area contributed by atoms with Crippen LogP contribution in [0.1, 0.15) is 18.9 Å². The zero-order valence-electron chi connectivity index (χ0n) is 12.4. The predicted octanol–water partition coefficient (Wildman–Crippen LogP) is 2.64. The number of amides is 1. The van der Waals surface area contributed by atoms with E-state index < -0.39 is 6.36 Å². The summed E-state index contributed by atoms with van der Waals surface area (Å²) >= 11 is 0. The van der Waals surface area contributed by atoms with Gasteiger partial charge in [-0.3, -0.25) is 9.69 Å². The second kappa shape index (κ2) is 7.00. The zero-order valence-corrected chi connectivity index (χ0v) is 12.4. The third kappa shape index (κ3) is 4.91. The van der Waals surface area contributed by atoms with E-state index in [4.69, 9.17) is 0 Å². The van der Waals surface area contributed by atoms with Gasteiger partial charge in [-0.2, -0.15) is 0 Å². The smallest absolute Gasteiger partial charge is 0.406 e. The van der Waals surface area contributed by atoms with Gasteiger partial charge in [-0.05, 0) is 17.7 Å². The second-order valence-corrected chi connectivity index (χ2v) is 5.20. The molecule has 0 unspecified atom stereocenters. The highest BCUT2D eigenvalue weighted by Crippen LogP contribution is 2.23. The number of hydrogen-bond acceptors (Lipinski definition) is 3. The van der Waals surface area contributed by atoms with Crippen molar-refractivity contribution in [2.75, 3.05) is 26.2 Å². The van der Waals surface area contributed by atoms with Gasteiger partial charge in [-0.15, -0.1) is 13.2 Å². The van der Waals surface area contributed by atoms with E-state index >= 15 is 0 Å². The van der Waals surface area contributed by atoms with E-state index in [0.717, 1.165) is 18.7 Å². The first kappa shape index (κ1) is 16.6. The number of rotatable bonds is 4. The number of carbonyl (C=O) groups is 1. The van der Waals surface area contributed by atoms with Gasteiger partial charge >= 0.3 is 6.36 Å². The van der Waals surface area contributed by atoms with E-state index in [0.29, 0.717) is 26.1 Å². The van der Waals surface area contributed by atoms with Crippen LogP contribution in [0, 0.1) is 0 Å². The molecule has 0 atom stereocenters. The van der Waals surface area contributed by atoms with E-state index in [2.05, 4.69) is 9.64 Å². The maximum Gasteiger partial charge on any atom is 0.573 e. The largest absolute Gasteiger partial charge is 0.573 e. The van der Waals surface area contributed by atoms with E-state index in [1.54, 1.807) is 12.1 Å². The lowest BCUT2D eigenvalue weighted by Crippen LogP contribution is -2.48. The first-order chi connectivity index (χ1) is 10.4. The van der Waals surface area contributed by atoms with E-state index in [-0.39, 0.29) is 11.7 Å². The maximum absolute atomic E-state index is 12.1. The molecule has 0 spiro atoms. The molecule has 1 fully saturated rings. The van der Waals surface area contributed by atoms with Crippen molar-refractivity contribution in [3.05, 3.63) is 29.8 Å². The van der Waals surface area contributed by atoms with Crippen molar-refractivity contribution in [3.63, 3.8) is 0 Å². The molecule has 1 aliphatic rings. The van der Waals surface area contributed by atoms with E-state index in [1.165, 1.54) is 12.1 Å². The quantitative estimate of drug-likeness (QED) is 0.856. The Balaban J connectivity index is 1.84. The fourth-order valence-electron chi connectivity index (χ4n) is 2.43. The molecule has 1 amide bonds. The fraction of sp³-hybridized carbons (Fsp3) is 0.533. The molecule has 1 aromatic rings. The van der Waals surface area contributed by atoms with Crippen molar-refractivity contribution in [2.45, 2.75) is 26.3 Å². The van der Waals surface area contributed by atoms with E-state index in [1.807, 2.05) is 11.8 Å². The normalized spacial score (nSPS) is 16.6. The lowest BCUT2D eigenvalue weighted by molar-refractivity contribution is -0.274. The lowest BCUT2D eigenvalue weighted by Gasteiger charge is -2.34. The van der Waals surface area contributed by atoms with Crippen LogP contribution in [-0.2, 0) is 11.3 Å². The summed E-state index contributed by atoms with van der Waals surface area (Å²) in [4.78, 5) is 15.6. The summed E-state index contributed by atoms with van der Waals surface area (Å²) in [6.45, 7) is 5.43. The third-order valence-electron chi connectivity index (χ3n) is 3.59. The summed E-state index contributed by atoms with van der Waals surface area (Å²) in [5.41, 5.74) is 0.921. The molecule has 2 rings (SSSR count). The average molecular weight is 316 g/mol. The Morgan fingerprint density at radius 2 is 1.73 bits per heavy atom. The molecule has 1 saturated heterocycles. The Morgan fingerprint density at radius 1 is 1.14 bits per heavy atom. The number of piperazine rings is 1. The van der Waals surface area contributed by atoms with Crippen molar-refractivity contribution in [1.29, 1.82) is 0 Å². The van der Waals surface area contributed by atoms with Gasteiger partial charge in [0.1, 0.15) is 5.75 Å². The van der Waals surface area contributed by atoms with Crippen LogP contribution in [0.15, 0.2) is 24.3 Å². The molecule has 1 aromatic carbocycles. The lowest BCUT2D eigenvalue weighted by atomic mass is 10.2. The van der Waals surface area contributed by atoms with Crippen molar-refractivity contribution in [1.82, 2.24) is 9.80 Å². The van der Waals surface area contributed by atoms with Crippen LogP contribution in [0.25, 0.3) is 0 Å². The number of benzene rings is 1. The summed E-state index contributed by atoms with van der Waals surface area (Å²) < 4.78 is 40.1. The van der Waals surface area contributed by atoms with Crippen LogP contribution in [0.5, 0.6) is 5.75 Å². The third-order valence-corrected chi connectivity index (χ3v) is 3.59. The molecule has 4 nitrogen and oxygen atoms in total. The molecule has 22 heavy (non-hydrogen) atoms. The summed E-state index contributed by atoms with van der Waals surface area (Å²) in [6.07, 6.45) is -4.15. The second-order valence-electron chi connectivity index (χ2n) is 5.20. The van der Waals surface area contributed by atoms with Gasteiger partial charge in [0.15, 0.2) is 0 Å². The zero-order chi connectivity index (χ0) is 16.2. The highest BCUT2D eigenvalue weighted by molar-refractivity contribution is 5.75. The number of alkyl halides is 3. The molecule has 0 aromatic heterocycles. The van der Waals surface area contributed by atoms with Crippen LogP contribution < -0.4 is 4.74 Å². The van der Waals surface area contributed by atoms with Gasteiger partial charge in [-0.1, -0.05) is 19.1 Å². The van der Waals surface area contributed by atoms with Crippen LogP contribution in [0.4, 0.5) is 13.2 Å². The minimum atomic E-state index is -4.66. The molecule has 1 heterocycles. The first-order valence-corrected chi connectivity index (χ1v) is 7.22. The minimum Gasteiger partial charge on any atom is -0.406 e. The summed E-state index contributed by atoms with van der Waals surface area (Å²) in [5.74, 6) is -0.0529. The number of nitrogens with zero attached hydrogens (tertiary/aromatic N) is 2. The van der Waals surface area contributed by atoms with Crippen molar-refractivity contribution < 1.29 is 22.7 Å². The highest BCUT2D eigenvalue weighted by Gasteiger charge is 2.31. The van der Waals surface area contributed by atoms with Crippen LogP contribution in [0.2, 0.25) is 0 Å². The minimum absolute atomic E-state index is 0.160. The van der Waals surface area contributed by atoms with Crippen LogP contribution in [0.3, 0.4) is 0 Å². The summed E-state index contributed by atoms with van der Waals surface area (Å²) in [5, 5.41) is 0. The number of halogens is 3. The Bertz CT molecular complexity index is 495. The monoisotopic (exact) mass is 316 g/mol. The van der Waals surface area contributed by atoms with Gasteiger partial charge in [0, 0.05) is 39.1 Å². The molecule has 122 valence electrons. The Morgan fingerprint density at radius 3 is 2.23 bits per heavy atom. The van der Waals surface area contributed by atoms with Gasteiger partial charge in [0.05, 0.1) is 0 Å². The molecule has 0 radical (unpaired) electrons. The van der Waals surface area contributed by atoms with Crippen LogP contribution in [-0.4, -0.2) is 48.2 Å². The van der Waals surface area contributed by atoms with Crippen molar-refractivity contribution in [3.8, 4) is 5.75 Å². The van der Waals surface area contributed by atoms with E-state index in [9.17, 15) is 18.0 Å². The highest BCUT2D eigenvalue weighted by atomic mass is 19.4. The maximum atomic E-state index is 12.1. The predicted molar refractivity (Wildman–Crippen MR) is 75.3 cm³/mol. The molecule has 7 heteroatoms. The molecule has 0 saturated carbocycles. The number of hydrogen-bond donors (Lipinski definition) is 0. The molecule has 0 N–H and O–H groups in total.